The number of Topliss-reactive ketones (excluding diaryl/α,β-unsaturated/α-hetero) is 1. The van der Waals surface area contributed by atoms with Gasteiger partial charge >= 0.3 is 0 Å². The highest BCUT2D eigenvalue weighted by Crippen LogP contribution is 2.39. The summed E-state index contributed by atoms with van der Waals surface area (Å²) in [5.74, 6) is 2.16. The van der Waals surface area contributed by atoms with E-state index in [0.717, 1.165) is 31.6 Å². The van der Waals surface area contributed by atoms with Crippen molar-refractivity contribution in [3.05, 3.63) is 35.4 Å². The van der Waals surface area contributed by atoms with E-state index in [-0.39, 0.29) is 0 Å². The van der Waals surface area contributed by atoms with E-state index in [1.54, 1.807) is 0 Å². The average Bonchev–Trinajstić information content (AvgIpc) is 2.36. The van der Waals surface area contributed by atoms with Crippen LogP contribution in [0.2, 0.25) is 0 Å². The van der Waals surface area contributed by atoms with Gasteiger partial charge in [-0.3, -0.25) is 4.79 Å². The molecule has 0 spiro atoms. The Balaban J connectivity index is 1.60. The van der Waals surface area contributed by atoms with Crippen LogP contribution in [0, 0.1) is 11.8 Å². The Morgan fingerprint density at radius 1 is 1.28 bits per heavy atom. The zero-order valence-electron chi connectivity index (χ0n) is 11.2. The molecule has 18 heavy (non-hydrogen) atoms. The van der Waals surface area contributed by atoms with E-state index >= 15 is 0 Å². The summed E-state index contributed by atoms with van der Waals surface area (Å²) in [6.07, 6.45) is 6.73. The zero-order valence-corrected chi connectivity index (χ0v) is 11.2. The van der Waals surface area contributed by atoms with Crippen LogP contribution in [0.15, 0.2) is 24.3 Å². The third-order valence-electron chi connectivity index (χ3n) is 4.80. The third kappa shape index (κ3) is 2.23. The number of benzene rings is 1. The predicted molar refractivity (Wildman–Crippen MR) is 73.6 cm³/mol. The van der Waals surface area contributed by atoms with Gasteiger partial charge in [-0.15, -0.1) is 0 Å². The van der Waals surface area contributed by atoms with E-state index in [2.05, 4.69) is 31.2 Å². The molecule has 3 rings (SSSR count). The molecule has 96 valence electrons. The van der Waals surface area contributed by atoms with E-state index in [1.165, 1.54) is 24.0 Å². The van der Waals surface area contributed by atoms with Crippen LogP contribution in [-0.4, -0.2) is 5.78 Å². The fourth-order valence-electron chi connectivity index (χ4n) is 3.68. The molecule has 1 aromatic rings. The Bertz CT molecular complexity index is 449. The molecule has 0 bridgehead atoms. The molecule has 1 heteroatoms. The van der Waals surface area contributed by atoms with Gasteiger partial charge in [0.1, 0.15) is 5.78 Å². The minimum absolute atomic E-state index is 0.363. The SMILES string of the molecule is CC1CCCC(C(=O)CC2Cc3ccccc32)C1. The van der Waals surface area contributed by atoms with Gasteiger partial charge in [-0.25, -0.2) is 0 Å². The summed E-state index contributed by atoms with van der Waals surface area (Å²) in [4.78, 5) is 12.4. The first-order valence-electron chi connectivity index (χ1n) is 7.34. The fourth-order valence-corrected chi connectivity index (χ4v) is 3.68. The smallest absolute Gasteiger partial charge is 0.136 e. The average molecular weight is 242 g/mol. The van der Waals surface area contributed by atoms with E-state index in [0.29, 0.717) is 17.6 Å². The van der Waals surface area contributed by atoms with Crippen molar-refractivity contribution in [1.29, 1.82) is 0 Å². The Kier molecular flexibility index (Phi) is 3.23. The highest BCUT2D eigenvalue weighted by molar-refractivity contribution is 5.82. The summed E-state index contributed by atoms with van der Waals surface area (Å²) in [7, 11) is 0. The molecule has 0 aliphatic heterocycles. The third-order valence-corrected chi connectivity index (χ3v) is 4.80. The Morgan fingerprint density at radius 3 is 2.89 bits per heavy atom. The normalized spacial score (nSPS) is 30.4. The van der Waals surface area contributed by atoms with Crippen LogP contribution in [0.5, 0.6) is 0 Å². The highest BCUT2D eigenvalue weighted by Gasteiger charge is 2.31. The standard InChI is InChI=1S/C17H22O/c1-12-5-4-7-14(9-12)17(18)11-15-10-13-6-2-3-8-16(13)15/h2-3,6,8,12,14-15H,4-5,7,9-11H2,1H3. The van der Waals surface area contributed by atoms with Crippen LogP contribution in [-0.2, 0) is 11.2 Å². The van der Waals surface area contributed by atoms with Crippen molar-refractivity contribution in [2.24, 2.45) is 11.8 Å². The lowest BCUT2D eigenvalue weighted by Gasteiger charge is -2.32. The van der Waals surface area contributed by atoms with Crippen LogP contribution in [0.4, 0.5) is 0 Å². The highest BCUT2D eigenvalue weighted by atomic mass is 16.1. The second kappa shape index (κ2) is 4.87. The predicted octanol–water partition coefficient (Wildman–Crippen LogP) is 4.11. The van der Waals surface area contributed by atoms with Crippen LogP contribution in [0.25, 0.3) is 0 Å². The van der Waals surface area contributed by atoms with Gasteiger partial charge in [0, 0.05) is 12.3 Å². The van der Waals surface area contributed by atoms with Gasteiger partial charge in [-0.05, 0) is 42.2 Å². The largest absolute Gasteiger partial charge is 0.299 e. The summed E-state index contributed by atoms with van der Waals surface area (Å²) in [5, 5.41) is 0. The summed E-state index contributed by atoms with van der Waals surface area (Å²) in [6.45, 7) is 2.29. The number of rotatable bonds is 3. The van der Waals surface area contributed by atoms with Gasteiger partial charge in [0.2, 0.25) is 0 Å². The number of carbonyl (C=O) groups is 1. The summed E-state index contributed by atoms with van der Waals surface area (Å²) in [6, 6.07) is 8.58. The van der Waals surface area contributed by atoms with Crippen molar-refractivity contribution >= 4 is 5.78 Å². The van der Waals surface area contributed by atoms with Crippen LogP contribution < -0.4 is 0 Å². The lowest BCUT2D eigenvalue weighted by molar-refractivity contribution is -0.124. The van der Waals surface area contributed by atoms with Crippen molar-refractivity contribution < 1.29 is 4.79 Å². The number of ketones is 1. The Hall–Kier alpha value is -1.11. The van der Waals surface area contributed by atoms with E-state index in [4.69, 9.17) is 0 Å². The second-order valence-electron chi connectivity index (χ2n) is 6.24. The lowest BCUT2D eigenvalue weighted by atomic mass is 9.72. The molecule has 0 aromatic heterocycles. The monoisotopic (exact) mass is 242 g/mol. The molecular formula is C17H22O. The molecule has 0 amide bonds. The van der Waals surface area contributed by atoms with E-state index in [9.17, 15) is 4.79 Å². The molecule has 0 heterocycles. The molecule has 1 nitrogen and oxygen atoms in total. The minimum atomic E-state index is 0.363. The molecule has 0 radical (unpaired) electrons. The molecule has 1 fully saturated rings. The van der Waals surface area contributed by atoms with Crippen molar-refractivity contribution in [2.75, 3.05) is 0 Å². The molecule has 0 saturated heterocycles. The molecule has 1 aromatic carbocycles. The van der Waals surface area contributed by atoms with E-state index < -0.39 is 0 Å². The summed E-state index contributed by atoms with van der Waals surface area (Å²) in [5.41, 5.74) is 2.88. The number of hydrogen-bond acceptors (Lipinski definition) is 1. The molecule has 2 aliphatic rings. The second-order valence-corrected chi connectivity index (χ2v) is 6.24. The topological polar surface area (TPSA) is 17.1 Å². The Morgan fingerprint density at radius 2 is 2.11 bits per heavy atom. The van der Waals surface area contributed by atoms with Crippen LogP contribution >= 0.6 is 0 Å². The first kappa shape index (κ1) is 12.0. The lowest BCUT2D eigenvalue weighted by Crippen LogP contribution is -2.26. The van der Waals surface area contributed by atoms with Crippen molar-refractivity contribution in [1.82, 2.24) is 0 Å². The molecule has 2 aliphatic carbocycles. The van der Waals surface area contributed by atoms with Gasteiger partial charge in [0.15, 0.2) is 0 Å². The summed E-state index contributed by atoms with van der Waals surface area (Å²) < 4.78 is 0. The molecular weight excluding hydrogens is 220 g/mol. The van der Waals surface area contributed by atoms with Gasteiger partial charge in [0.05, 0.1) is 0 Å². The quantitative estimate of drug-likeness (QED) is 0.779. The minimum Gasteiger partial charge on any atom is -0.299 e. The van der Waals surface area contributed by atoms with Crippen molar-refractivity contribution in [3.8, 4) is 0 Å². The Labute approximate surface area is 110 Å². The van der Waals surface area contributed by atoms with E-state index in [1.807, 2.05) is 0 Å². The van der Waals surface area contributed by atoms with Crippen LogP contribution in [0.1, 0.15) is 56.1 Å². The maximum Gasteiger partial charge on any atom is 0.136 e. The van der Waals surface area contributed by atoms with Gasteiger partial charge in [-0.2, -0.15) is 0 Å². The maximum atomic E-state index is 12.4. The van der Waals surface area contributed by atoms with Gasteiger partial charge in [0.25, 0.3) is 0 Å². The summed E-state index contributed by atoms with van der Waals surface area (Å²) >= 11 is 0. The first-order chi connectivity index (χ1) is 8.74. The number of carbonyl (C=O) groups excluding carboxylic acids is 1. The number of fused-ring (bicyclic) bond motifs is 1. The first-order valence-corrected chi connectivity index (χ1v) is 7.34. The van der Waals surface area contributed by atoms with Crippen LogP contribution in [0.3, 0.4) is 0 Å². The molecule has 3 unspecified atom stereocenters. The maximum absolute atomic E-state index is 12.4. The van der Waals surface area contributed by atoms with Crippen molar-refractivity contribution in [2.45, 2.75) is 51.4 Å². The molecule has 1 saturated carbocycles. The van der Waals surface area contributed by atoms with Crippen molar-refractivity contribution in [3.63, 3.8) is 0 Å². The molecule has 3 atom stereocenters. The zero-order chi connectivity index (χ0) is 12.5. The van der Waals surface area contributed by atoms with Gasteiger partial charge in [-0.1, -0.05) is 44.0 Å². The van der Waals surface area contributed by atoms with Gasteiger partial charge < -0.3 is 0 Å². The fraction of sp³-hybridized carbons (Fsp3) is 0.588. The molecule has 0 N–H and O–H groups in total. The number of hydrogen-bond donors (Lipinski definition) is 0.